The third kappa shape index (κ3) is 6.23. The van der Waals surface area contributed by atoms with E-state index in [2.05, 4.69) is 71.3 Å². The summed E-state index contributed by atoms with van der Waals surface area (Å²) in [5, 5.41) is 36.0. The Bertz CT molecular complexity index is 1190. The van der Waals surface area contributed by atoms with E-state index in [-0.39, 0.29) is 12.4 Å². The van der Waals surface area contributed by atoms with Gasteiger partial charge in [0.1, 0.15) is 5.75 Å². The van der Waals surface area contributed by atoms with E-state index < -0.39 is 6.10 Å². The van der Waals surface area contributed by atoms with E-state index in [1.54, 1.807) is 12.1 Å². The molecule has 0 aliphatic heterocycles. The van der Waals surface area contributed by atoms with Crippen molar-refractivity contribution in [3.63, 3.8) is 0 Å². The van der Waals surface area contributed by atoms with E-state index in [1.165, 1.54) is 22.8 Å². The van der Waals surface area contributed by atoms with E-state index in [9.17, 15) is 15.3 Å². The normalized spacial score (nSPS) is 11.8. The number of hydrogen-bond acceptors (Lipinski definition) is 5. The zero-order chi connectivity index (χ0) is 23.8. The van der Waals surface area contributed by atoms with Gasteiger partial charge in [-0.3, -0.25) is 0 Å². The second kappa shape index (κ2) is 11.5. The lowest BCUT2D eigenvalue weighted by atomic mass is 10.0. The molecule has 0 saturated carbocycles. The van der Waals surface area contributed by atoms with Crippen molar-refractivity contribution >= 4 is 11.4 Å². The van der Waals surface area contributed by atoms with Crippen molar-refractivity contribution in [1.82, 2.24) is 5.32 Å². The van der Waals surface area contributed by atoms with Gasteiger partial charge in [0.15, 0.2) is 0 Å². The van der Waals surface area contributed by atoms with Crippen molar-refractivity contribution in [3.05, 3.63) is 114 Å². The zero-order valence-corrected chi connectivity index (χ0v) is 19.0. The topological polar surface area (TPSA) is 84.8 Å². The molecular formula is C29H30N2O3. The second-order valence-electron chi connectivity index (χ2n) is 8.28. The Hall–Kier alpha value is -3.64. The van der Waals surface area contributed by atoms with Gasteiger partial charge in [-0.2, -0.15) is 0 Å². The van der Waals surface area contributed by atoms with E-state index in [0.717, 1.165) is 24.3 Å². The van der Waals surface area contributed by atoms with Crippen LogP contribution in [0.2, 0.25) is 0 Å². The first-order chi connectivity index (χ1) is 16.6. The van der Waals surface area contributed by atoms with Crippen LogP contribution in [0.15, 0.2) is 97.1 Å². The maximum Gasteiger partial charge on any atom is 0.121 e. The van der Waals surface area contributed by atoms with E-state index >= 15 is 0 Å². The molecule has 0 aromatic heterocycles. The Balaban J connectivity index is 1.26. The Kier molecular flexibility index (Phi) is 7.94. The Morgan fingerprint density at radius 1 is 0.735 bits per heavy atom. The van der Waals surface area contributed by atoms with Crippen molar-refractivity contribution in [1.29, 1.82) is 0 Å². The SMILES string of the molecule is OCc1cc([C@@H](O)CNCCc2ccc(Nc3cccc(-c4ccccc4)c3)cc2)ccc1O. The highest BCUT2D eigenvalue weighted by Crippen LogP contribution is 2.25. The number of nitrogens with one attached hydrogen (secondary N) is 2. The first kappa shape index (κ1) is 23.5. The van der Waals surface area contributed by atoms with Gasteiger partial charge in [0, 0.05) is 23.5 Å². The third-order valence-corrected chi connectivity index (χ3v) is 5.80. The fourth-order valence-corrected chi connectivity index (χ4v) is 3.86. The van der Waals surface area contributed by atoms with Crippen LogP contribution in [0.5, 0.6) is 5.75 Å². The van der Waals surface area contributed by atoms with Crippen LogP contribution in [0.4, 0.5) is 11.4 Å². The van der Waals surface area contributed by atoms with Crippen molar-refractivity contribution in [2.75, 3.05) is 18.4 Å². The molecule has 34 heavy (non-hydrogen) atoms. The minimum Gasteiger partial charge on any atom is -0.508 e. The number of aliphatic hydroxyl groups is 2. The summed E-state index contributed by atoms with van der Waals surface area (Å²) in [4.78, 5) is 0. The van der Waals surface area contributed by atoms with Gasteiger partial charge in [0.05, 0.1) is 12.7 Å². The van der Waals surface area contributed by atoms with Gasteiger partial charge in [-0.1, -0.05) is 60.7 Å². The average molecular weight is 455 g/mol. The van der Waals surface area contributed by atoms with Crippen LogP contribution < -0.4 is 10.6 Å². The Morgan fingerprint density at radius 2 is 1.50 bits per heavy atom. The highest BCUT2D eigenvalue weighted by Gasteiger charge is 2.10. The monoisotopic (exact) mass is 454 g/mol. The molecule has 0 aliphatic rings. The molecule has 0 aliphatic carbocycles. The summed E-state index contributed by atoms with van der Waals surface area (Å²) in [7, 11) is 0. The van der Waals surface area contributed by atoms with Gasteiger partial charge >= 0.3 is 0 Å². The van der Waals surface area contributed by atoms with Crippen LogP contribution in [-0.2, 0) is 13.0 Å². The molecule has 5 heteroatoms. The smallest absolute Gasteiger partial charge is 0.121 e. The molecule has 0 fully saturated rings. The second-order valence-corrected chi connectivity index (χ2v) is 8.28. The van der Waals surface area contributed by atoms with Crippen LogP contribution in [-0.4, -0.2) is 28.4 Å². The summed E-state index contributed by atoms with van der Waals surface area (Å²) in [6.07, 6.45) is 0.137. The highest BCUT2D eigenvalue weighted by atomic mass is 16.3. The fourth-order valence-electron chi connectivity index (χ4n) is 3.86. The van der Waals surface area contributed by atoms with Crippen molar-refractivity contribution in [3.8, 4) is 16.9 Å². The maximum atomic E-state index is 10.4. The molecular weight excluding hydrogens is 424 g/mol. The van der Waals surface area contributed by atoms with E-state index in [1.807, 2.05) is 18.2 Å². The lowest BCUT2D eigenvalue weighted by Crippen LogP contribution is -2.23. The van der Waals surface area contributed by atoms with Crippen LogP contribution in [0.25, 0.3) is 11.1 Å². The lowest BCUT2D eigenvalue weighted by molar-refractivity contribution is 0.174. The summed E-state index contributed by atoms with van der Waals surface area (Å²) in [6.45, 7) is 0.865. The predicted molar refractivity (Wildman–Crippen MR) is 137 cm³/mol. The van der Waals surface area contributed by atoms with Crippen LogP contribution in [0, 0.1) is 0 Å². The summed E-state index contributed by atoms with van der Waals surface area (Å²) >= 11 is 0. The number of rotatable bonds is 10. The molecule has 4 rings (SSSR count). The van der Waals surface area contributed by atoms with Gasteiger partial charge in [-0.15, -0.1) is 0 Å². The predicted octanol–water partition coefficient (Wildman–Crippen LogP) is 5.16. The third-order valence-electron chi connectivity index (χ3n) is 5.80. The van der Waals surface area contributed by atoms with Gasteiger partial charge in [-0.05, 0) is 71.6 Å². The van der Waals surface area contributed by atoms with Crippen LogP contribution in [0.3, 0.4) is 0 Å². The number of benzene rings is 4. The molecule has 174 valence electrons. The quantitative estimate of drug-likeness (QED) is 0.214. The summed E-state index contributed by atoms with van der Waals surface area (Å²) in [5.74, 6) is 0.0354. The van der Waals surface area contributed by atoms with Crippen molar-refractivity contribution in [2.24, 2.45) is 0 Å². The number of phenols is 1. The number of aromatic hydroxyl groups is 1. The zero-order valence-electron chi connectivity index (χ0n) is 19.0. The van der Waals surface area contributed by atoms with Gasteiger partial charge < -0.3 is 26.0 Å². The van der Waals surface area contributed by atoms with Crippen molar-refractivity contribution < 1.29 is 15.3 Å². The van der Waals surface area contributed by atoms with Gasteiger partial charge in [0.25, 0.3) is 0 Å². The summed E-state index contributed by atoms with van der Waals surface area (Å²) in [6, 6.07) is 31.9. The fraction of sp³-hybridized carbons (Fsp3) is 0.172. The van der Waals surface area contributed by atoms with E-state index in [0.29, 0.717) is 17.7 Å². The molecule has 0 heterocycles. The largest absolute Gasteiger partial charge is 0.508 e. The molecule has 0 saturated heterocycles. The molecule has 0 amide bonds. The van der Waals surface area contributed by atoms with Crippen LogP contribution in [0.1, 0.15) is 22.8 Å². The van der Waals surface area contributed by atoms with Gasteiger partial charge in [-0.25, -0.2) is 0 Å². The molecule has 5 N–H and O–H groups in total. The number of anilines is 2. The van der Waals surface area contributed by atoms with Crippen molar-refractivity contribution in [2.45, 2.75) is 19.1 Å². The van der Waals surface area contributed by atoms with E-state index in [4.69, 9.17) is 0 Å². The van der Waals surface area contributed by atoms with Gasteiger partial charge in [0.2, 0.25) is 0 Å². The minimum atomic E-state index is -0.705. The molecule has 4 aromatic rings. The average Bonchev–Trinajstić information content (AvgIpc) is 2.88. The molecule has 4 aromatic carbocycles. The first-order valence-electron chi connectivity index (χ1n) is 11.5. The lowest BCUT2D eigenvalue weighted by Gasteiger charge is -2.14. The summed E-state index contributed by atoms with van der Waals surface area (Å²) in [5.41, 5.74) is 6.73. The standard InChI is InChI=1S/C29H30N2O3/c32-20-25-17-24(11-14-28(25)33)29(34)19-30-16-15-21-9-12-26(13-10-21)31-27-8-4-7-23(18-27)22-5-2-1-3-6-22/h1-14,17-18,29-34H,15-16,19-20H2/t29-/m0/s1. The summed E-state index contributed by atoms with van der Waals surface area (Å²) < 4.78 is 0. The first-order valence-corrected chi connectivity index (χ1v) is 11.5. The maximum absolute atomic E-state index is 10.4. The minimum absolute atomic E-state index is 0.0354. The highest BCUT2D eigenvalue weighted by molar-refractivity contribution is 5.70. The molecule has 1 atom stereocenters. The number of aliphatic hydroxyl groups excluding tert-OH is 2. The Labute approximate surface area is 200 Å². The molecule has 5 nitrogen and oxygen atoms in total. The molecule has 0 radical (unpaired) electrons. The Morgan fingerprint density at radius 3 is 2.26 bits per heavy atom. The van der Waals surface area contributed by atoms with Crippen LogP contribution >= 0.6 is 0 Å². The molecule has 0 unspecified atom stereocenters. The number of hydrogen-bond donors (Lipinski definition) is 5. The molecule has 0 spiro atoms. The molecule has 0 bridgehead atoms.